The van der Waals surface area contributed by atoms with Crippen LogP contribution in [-0.4, -0.2) is 22.0 Å². The molecular weight excluding hydrogens is 468 g/mol. The molecule has 0 radical (unpaired) electrons. The van der Waals surface area contributed by atoms with Crippen LogP contribution in [0.4, 0.5) is 19.0 Å². The number of nitrogens with one attached hydrogen (secondary N) is 1. The molecule has 2 amide bonds. The molecule has 172 valence electrons. The Labute approximate surface area is 193 Å². The number of halogens is 5. The summed E-state index contributed by atoms with van der Waals surface area (Å²) < 4.78 is 39.2. The third-order valence-corrected chi connectivity index (χ3v) is 4.95. The smallest absolute Gasteiger partial charge is 0.274 e. The van der Waals surface area contributed by atoms with Crippen LogP contribution in [0, 0.1) is 23.2 Å². The van der Waals surface area contributed by atoms with Gasteiger partial charge in [-0.15, -0.1) is 0 Å². The number of H-pyrrole nitrogens is 1. The molecule has 0 aliphatic heterocycles. The van der Waals surface area contributed by atoms with E-state index in [0.29, 0.717) is 12.1 Å². The molecule has 2 rings (SSSR count). The van der Waals surface area contributed by atoms with Gasteiger partial charge in [0.25, 0.3) is 0 Å². The maximum atomic E-state index is 13.1. The van der Waals surface area contributed by atoms with E-state index in [1.54, 1.807) is 27.7 Å². The lowest BCUT2D eigenvalue weighted by atomic mass is 10.0. The number of aromatic nitrogens is 2. The van der Waals surface area contributed by atoms with Crippen LogP contribution < -0.4 is 4.90 Å². The van der Waals surface area contributed by atoms with Crippen LogP contribution in [0.1, 0.15) is 51.7 Å². The zero-order valence-electron chi connectivity index (χ0n) is 17.8. The number of aromatic amines is 1. The third-order valence-electron chi connectivity index (χ3n) is 4.35. The second kappa shape index (κ2) is 9.92. The van der Waals surface area contributed by atoms with Crippen LogP contribution in [-0.2, 0) is 15.8 Å². The molecule has 0 aliphatic carbocycles. The van der Waals surface area contributed by atoms with E-state index in [-0.39, 0.29) is 57.4 Å². The number of nitriles is 1. The molecular formula is C21H21Cl2F3N4O2. The first-order chi connectivity index (χ1) is 14.8. The summed E-state index contributed by atoms with van der Waals surface area (Å²) in [4.78, 5) is 26.6. The van der Waals surface area contributed by atoms with Gasteiger partial charge < -0.3 is 0 Å². The maximum Gasteiger partial charge on any atom is 0.416 e. The topological polar surface area (TPSA) is 89.8 Å². The van der Waals surface area contributed by atoms with E-state index in [1.165, 1.54) is 0 Å². The van der Waals surface area contributed by atoms with Crippen LogP contribution in [0.25, 0.3) is 11.3 Å². The number of benzene rings is 1. The molecule has 6 nitrogen and oxygen atoms in total. The zero-order valence-corrected chi connectivity index (χ0v) is 19.3. The molecule has 0 unspecified atom stereocenters. The van der Waals surface area contributed by atoms with Crippen LogP contribution >= 0.6 is 23.2 Å². The van der Waals surface area contributed by atoms with Crippen molar-refractivity contribution in [1.29, 1.82) is 5.26 Å². The minimum atomic E-state index is -4.68. The number of carbonyl (C=O) groups is 2. The van der Waals surface area contributed by atoms with Crippen molar-refractivity contribution in [2.24, 2.45) is 11.8 Å². The van der Waals surface area contributed by atoms with Crippen molar-refractivity contribution in [3.8, 4) is 17.3 Å². The normalized spacial score (nSPS) is 11.7. The Hall–Kier alpha value is -2.57. The van der Waals surface area contributed by atoms with Crippen molar-refractivity contribution < 1.29 is 22.8 Å². The minimum absolute atomic E-state index is 0.0326. The van der Waals surface area contributed by atoms with E-state index in [2.05, 4.69) is 10.2 Å². The van der Waals surface area contributed by atoms with Gasteiger partial charge in [-0.2, -0.15) is 23.5 Å². The van der Waals surface area contributed by atoms with Crippen LogP contribution in [0.15, 0.2) is 12.1 Å². The van der Waals surface area contributed by atoms with Gasteiger partial charge in [-0.05, 0) is 24.0 Å². The third kappa shape index (κ3) is 5.61. The van der Waals surface area contributed by atoms with Gasteiger partial charge in [-0.3, -0.25) is 14.7 Å². The monoisotopic (exact) mass is 488 g/mol. The summed E-state index contributed by atoms with van der Waals surface area (Å²) in [6, 6.07) is 3.20. The number of imide groups is 1. The van der Waals surface area contributed by atoms with Crippen molar-refractivity contribution >= 4 is 40.8 Å². The Morgan fingerprint density at radius 2 is 1.56 bits per heavy atom. The predicted molar refractivity (Wildman–Crippen MR) is 115 cm³/mol. The molecule has 0 atom stereocenters. The first-order valence-corrected chi connectivity index (χ1v) is 10.4. The number of alkyl halides is 3. The Balaban J connectivity index is 2.66. The van der Waals surface area contributed by atoms with E-state index < -0.39 is 23.6 Å². The largest absolute Gasteiger partial charge is 0.416 e. The summed E-state index contributed by atoms with van der Waals surface area (Å²) in [5.74, 6) is -1.39. The van der Waals surface area contributed by atoms with E-state index in [9.17, 15) is 28.0 Å². The van der Waals surface area contributed by atoms with Gasteiger partial charge in [0, 0.05) is 18.4 Å². The van der Waals surface area contributed by atoms with E-state index in [4.69, 9.17) is 23.2 Å². The van der Waals surface area contributed by atoms with Crippen molar-refractivity contribution in [2.45, 2.75) is 46.7 Å². The average Bonchev–Trinajstić information content (AvgIpc) is 3.02. The molecule has 0 saturated heterocycles. The SMILES string of the molecule is CC(C)CC(=O)N(C(=O)CC(C)C)c1[nH]nc(-c2c(Cl)cc(C(F)(F)F)cc2Cl)c1C#N. The highest BCUT2D eigenvalue weighted by Crippen LogP contribution is 2.42. The van der Waals surface area contributed by atoms with Gasteiger partial charge in [-0.1, -0.05) is 50.9 Å². The van der Waals surface area contributed by atoms with Crippen molar-refractivity contribution in [3.63, 3.8) is 0 Å². The number of anilines is 1. The van der Waals surface area contributed by atoms with Crippen LogP contribution in [0.2, 0.25) is 10.0 Å². The molecule has 0 aliphatic rings. The van der Waals surface area contributed by atoms with Gasteiger partial charge in [-0.25, -0.2) is 4.90 Å². The number of amides is 2. The second-order valence-electron chi connectivity index (χ2n) is 8.04. The van der Waals surface area contributed by atoms with Gasteiger partial charge in [0.05, 0.1) is 15.6 Å². The summed E-state index contributed by atoms with van der Waals surface area (Å²) in [6.45, 7) is 7.20. The molecule has 0 bridgehead atoms. The van der Waals surface area contributed by atoms with Gasteiger partial charge in [0.15, 0.2) is 5.82 Å². The Morgan fingerprint density at radius 3 is 1.94 bits per heavy atom. The van der Waals surface area contributed by atoms with Crippen LogP contribution in [0.5, 0.6) is 0 Å². The van der Waals surface area contributed by atoms with Gasteiger partial charge >= 0.3 is 6.18 Å². The molecule has 11 heteroatoms. The second-order valence-corrected chi connectivity index (χ2v) is 8.85. The highest BCUT2D eigenvalue weighted by Gasteiger charge is 2.34. The van der Waals surface area contributed by atoms with Gasteiger partial charge in [0.2, 0.25) is 11.8 Å². The fraction of sp³-hybridized carbons (Fsp3) is 0.429. The Morgan fingerprint density at radius 1 is 1.09 bits per heavy atom. The fourth-order valence-corrected chi connectivity index (χ4v) is 3.68. The quantitative estimate of drug-likeness (QED) is 0.521. The zero-order chi connectivity index (χ0) is 24.4. The molecule has 32 heavy (non-hydrogen) atoms. The van der Waals surface area contributed by atoms with E-state index in [1.807, 2.05) is 6.07 Å². The molecule has 1 N–H and O–H groups in total. The predicted octanol–water partition coefficient (Wildman–Crippen LogP) is 6.23. The summed E-state index contributed by atoms with van der Waals surface area (Å²) in [5, 5.41) is 15.5. The van der Waals surface area contributed by atoms with Crippen molar-refractivity contribution in [2.75, 3.05) is 4.90 Å². The summed E-state index contributed by atoms with van der Waals surface area (Å²) in [7, 11) is 0. The standard InChI is InChI=1S/C21H21Cl2F3N4O2/c1-10(2)5-16(31)30(17(32)6-11(3)4)20-13(9-27)19(28-29-20)18-14(22)7-12(8-15(18)23)21(24,25)26/h7-8,10-11H,5-6H2,1-4H3,(H,28,29). The highest BCUT2D eigenvalue weighted by atomic mass is 35.5. The summed E-state index contributed by atoms with van der Waals surface area (Å²) in [6.07, 6.45) is -4.61. The fourth-order valence-electron chi connectivity index (χ4n) is 3.01. The molecule has 2 aromatic rings. The van der Waals surface area contributed by atoms with E-state index in [0.717, 1.165) is 4.90 Å². The van der Waals surface area contributed by atoms with Crippen molar-refractivity contribution in [3.05, 3.63) is 33.3 Å². The number of rotatable bonds is 6. The number of hydrogen-bond donors (Lipinski definition) is 1. The molecule has 0 fully saturated rings. The van der Waals surface area contributed by atoms with Gasteiger partial charge in [0.1, 0.15) is 17.3 Å². The molecule has 1 aromatic heterocycles. The number of nitrogens with zero attached hydrogens (tertiary/aromatic N) is 3. The van der Waals surface area contributed by atoms with E-state index >= 15 is 0 Å². The lowest BCUT2D eigenvalue weighted by Gasteiger charge is -2.21. The Bertz CT molecular complexity index is 1030. The first kappa shape index (κ1) is 25.7. The lowest BCUT2D eigenvalue weighted by molar-refractivity contribution is -0.137. The highest BCUT2D eigenvalue weighted by molar-refractivity contribution is 6.39. The Kier molecular flexibility index (Phi) is 7.97. The van der Waals surface area contributed by atoms with Crippen LogP contribution in [0.3, 0.4) is 0 Å². The van der Waals surface area contributed by atoms with Crippen molar-refractivity contribution in [1.82, 2.24) is 10.2 Å². The lowest BCUT2D eigenvalue weighted by Crippen LogP contribution is -2.39. The molecule has 0 saturated carbocycles. The number of carbonyl (C=O) groups excluding carboxylic acids is 2. The summed E-state index contributed by atoms with van der Waals surface area (Å²) in [5.41, 5.74) is -1.58. The summed E-state index contributed by atoms with van der Waals surface area (Å²) >= 11 is 12.1. The average molecular weight is 489 g/mol. The molecule has 1 heterocycles. The minimum Gasteiger partial charge on any atom is -0.274 e. The maximum absolute atomic E-state index is 13.1. The molecule has 0 spiro atoms. The first-order valence-electron chi connectivity index (χ1n) is 9.68. The number of hydrogen-bond acceptors (Lipinski definition) is 4. The molecule has 1 aromatic carbocycles.